The van der Waals surface area contributed by atoms with E-state index in [1.807, 2.05) is 6.92 Å². The van der Waals surface area contributed by atoms with Crippen LogP contribution in [0.5, 0.6) is 11.5 Å². The van der Waals surface area contributed by atoms with E-state index in [9.17, 15) is 24.5 Å². The lowest BCUT2D eigenvalue weighted by Crippen LogP contribution is -2.41. The van der Waals surface area contributed by atoms with Gasteiger partial charge in [0.2, 0.25) is 5.91 Å². The van der Waals surface area contributed by atoms with Crippen LogP contribution >= 0.6 is 0 Å². The number of fused-ring (bicyclic) bond motifs is 1. The van der Waals surface area contributed by atoms with Gasteiger partial charge in [0.1, 0.15) is 24.7 Å². The number of benzene rings is 2. The molecule has 1 heterocycles. The molecular formula is C20H19N3O7. The first kappa shape index (κ1) is 20.8. The Morgan fingerprint density at radius 3 is 2.30 bits per heavy atom. The Morgan fingerprint density at radius 1 is 1.03 bits per heavy atom. The fourth-order valence-electron chi connectivity index (χ4n) is 2.89. The molecule has 1 aliphatic heterocycles. The quantitative estimate of drug-likeness (QED) is 0.287. The lowest BCUT2D eigenvalue weighted by molar-refractivity contribution is -0.384. The molecule has 0 bridgehead atoms. The van der Waals surface area contributed by atoms with Crippen LogP contribution in [0.4, 0.5) is 5.69 Å². The summed E-state index contributed by atoms with van der Waals surface area (Å²) >= 11 is 0. The van der Waals surface area contributed by atoms with Gasteiger partial charge in [-0.1, -0.05) is 0 Å². The Hall–Kier alpha value is -3.95. The van der Waals surface area contributed by atoms with Crippen molar-refractivity contribution in [1.82, 2.24) is 10.2 Å². The Kier molecular flexibility index (Phi) is 6.26. The number of nitrogens with zero attached hydrogens (tertiary/aromatic N) is 2. The summed E-state index contributed by atoms with van der Waals surface area (Å²) < 4.78 is 10.8. The molecule has 0 spiro atoms. The monoisotopic (exact) mass is 413 g/mol. The molecule has 0 fully saturated rings. The van der Waals surface area contributed by atoms with Gasteiger partial charge in [-0.05, 0) is 37.3 Å². The van der Waals surface area contributed by atoms with Crippen molar-refractivity contribution in [3.05, 3.63) is 63.7 Å². The zero-order valence-corrected chi connectivity index (χ0v) is 16.1. The lowest BCUT2D eigenvalue weighted by Gasteiger charge is -2.14. The van der Waals surface area contributed by atoms with Crippen LogP contribution in [0.25, 0.3) is 0 Å². The molecule has 10 heteroatoms. The summed E-state index contributed by atoms with van der Waals surface area (Å²) in [6.45, 7) is 2.33. The van der Waals surface area contributed by atoms with Crippen LogP contribution in [0.15, 0.2) is 42.5 Å². The maximum atomic E-state index is 12.4. The third-order valence-electron chi connectivity index (χ3n) is 4.29. The smallest absolute Gasteiger partial charge is 0.270 e. The Balaban J connectivity index is 1.48. The van der Waals surface area contributed by atoms with Gasteiger partial charge >= 0.3 is 0 Å². The number of nitro benzene ring substituents is 1. The standard InChI is InChI=1S/C20H19N3O7/c1-2-29-14-4-6-15(7-5-14)30-10-9-21-18(24)12-22-19(25)16-8-3-13(23(27)28)11-17(16)20(22)26/h3-8,11H,2,9-10,12H2,1H3,(H,21,24). The van der Waals surface area contributed by atoms with Crippen LogP contribution < -0.4 is 14.8 Å². The summed E-state index contributed by atoms with van der Waals surface area (Å²) in [6.07, 6.45) is 0. The van der Waals surface area contributed by atoms with Gasteiger partial charge in [0, 0.05) is 12.1 Å². The maximum Gasteiger partial charge on any atom is 0.270 e. The highest BCUT2D eigenvalue weighted by Gasteiger charge is 2.37. The summed E-state index contributed by atoms with van der Waals surface area (Å²) in [7, 11) is 0. The van der Waals surface area contributed by atoms with Crippen LogP contribution in [0.1, 0.15) is 27.6 Å². The number of ether oxygens (including phenoxy) is 2. The van der Waals surface area contributed by atoms with E-state index in [2.05, 4.69) is 5.32 Å². The van der Waals surface area contributed by atoms with Crippen LogP contribution in [0.2, 0.25) is 0 Å². The number of hydrogen-bond acceptors (Lipinski definition) is 7. The molecule has 10 nitrogen and oxygen atoms in total. The predicted molar refractivity (Wildman–Crippen MR) is 105 cm³/mol. The first-order valence-electron chi connectivity index (χ1n) is 9.17. The molecule has 3 amide bonds. The minimum absolute atomic E-state index is 0.0391. The average molecular weight is 413 g/mol. The second-order valence-corrected chi connectivity index (χ2v) is 6.29. The van der Waals surface area contributed by atoms with Crippen molar-refractivity contribution in [1.29, 1.82) is 0 Å². The Bertz CT molecular complexity index is 988. The molecule has 1 N–H and O–H groups in total. The van der Waals surface area contributed by atoms with E-state index >= 15 is 0 Å². The molecule has 0 aliphatic carbocycles. The number of nitro groups is 1. The van der Waals surface area contributed by atoms with Gasteiger partial charge in [-0.2, -0.15) is 0 Å². The van der Waals surface area contributed by atoms with Gasteiger partial charge in [0.05, 0.1) is 29.2 Å². The van der Waals surface area contributed by atoms with Gasteiger partial charge in [-0.15, -0.1) is 0 Å². The second-order valence-electron chi connectivity index (χ2n) is 6.29. The molecular weight excluding hydrogens is 394 g/mol. The molecule has 2 aromatic carbocycles. The van der Waals surface area contributed by atoms with Crippen molar-refractivity contribution >= 4 is 23.4 Å². The normalized spacial score (nSPS) is 12.5. The molecule has 156 valence electrons. The van der Waals surface area contributed by atoms with Crippen LogP contribution in [-0.4, -0.2) is 53.8 Å². The number of hydrogen-bond donors (Lipinski definition) is 1. The summed E-state index contributed by atoms with van der Waals surface area (Å²) in [5, 5.41) is 13.4. The van der Waals surface area contributed by atoms with Gasteiger partial charge < -0.3 is 14.8 Å². The number of rotatable bonds is 9. The molecule has 0 unspecified atom stereocenters. The summed E-state index contributed by atoms with van der Waals surface area (Å²) in [4.78, 5) is 47.8. The second kappa shape index (κ2) is 9.03. The van der Waals surface area contributed by atoms with Crippen LogP contribution in [-0.2, 0) is 4.79 Å². The molecule has 1 aliphatic rings. The number of imide groups is 1. The highest BCUT2D eigenvalue weighted by Crippen LogP contribution is 2.26. The van der Waals surface area contributed by atoms with Crippen molar-refractivity contribution in [2.75, 3.05) is 26.3 Å². The molecule has 2 aromatic rings. The van der Waals surface area contributed by atoms with Crippen LogP contribution in [0.3, 0.4) is 0 Å². The number of carbonyl (C=O) groups is 3. The number of carbonyl (C=O) groups excluding carboxylic acids is 3. The molecule has 0 radical (unpaired) electrons. The molecule has 0 aromatic heterocycles. The van der Waals surface area contributed by atoms with Crippen molar-refractivity contribution in [3.63, 3.8) is 0 Å². The number of non-ortho nitro benzene ring substituents is 1. The Labute approximate surface area is 171 Å². The van der Waals surface area contributed by atoms with E-state index in [1.165, 1.54) is 6.07 Å². The SMILES string of the molecule is CCOc1ccc(OCCNC(=O)CN2C(=O)c3ccc([N+](=O)[O-])cc3C2=O)cc1. The zero-order valence-electron chi connectivity index (χ0n) is 16.1. The highest BCUT2D eigenvalue weighted by atomic mass is 16.6. The zero-order chi connectivity index (χ0) is 21.7. The first-order chi connectivity index (χ1) is 14.4. The van der Waals surface area contributed by atoms with Crippen molar-refractivity contribution in [2.45, 2.75) is 6.92 Å². The molecule has 30 heavy (non-hydrogen) atoms. The van der Waals surface area contributed by atoms with E-state index in [1.54, 1.807) is 24.3 Å². The number of nitrogens with one attached hydrogen (secondary N) is 1. The molecule has 3 rings (SSSR count). The predicted octanol–water partition coefficient (Wildman–Crippen LogP) is 1.78. The molecule has 0 atom stereocenters. The average Bonchev–Trinajstić information content (AvgIpc) is 2.97. The van der Waals surface area contributed by atoms with Crippen molar-refractivity contribution in [2.24, 2.45) is 0 Å². The lowest BCUT2D eigenvalue weighted by atomic mass is 10.1. The molecule has 0 saturated carbocycles. The van der Waals surface area contributed by atoms with Gasteiger partial charge in [0.15, 0.2) is 0 Å². The largest absolute Gasteiger partial charge is 0.494 e. The maximum absolute atomic E-state index is 12.4. The van der Waals surface area contributed by atoms with E-state index in [4.69, 9.17) is 9.47 Å². The highest BCUT2D eigenvalue weighted by molar-refractivity contribution is 6.22. The fraction of sp³-hybridized carbons (Fsp3) is 0.250. The van der Waals surface area contributed by atoms with E-state index < -0.39 is 29.2 Å². The topological polar surface area (TPSA) is 128 Å². The van der Waals surface area contributed by atoms with Crippen molar-refractivity contribution < 1.29 is 28.8 Å². The summed E-state index contributed by atoms with van der Waals surface area (Å²) in [6, 6.07) is 10.4. The third-order valence-corrected chi connectivity index (χ3v) is 4.29. The third kappa shape index (κ3) is 4.54. The fourth-order valence-corrected chi connectivity index (χ4v) is 2.89. The van der Waals surface area contributed by atoms with E-state index in [0.29, 0.717) is 12.4 Å². The summed E-state index contributed by atoms with van der Waals surface area (Å²) in [5.41, 5.74) is -0.342. The molecule has 0 saturated heterocycles. The van der Waals surface area contributed by atoms with Gasteiger partial charge in [-0.3, -0.25) is 29.4 Å². The first-order valence-corrected chi connectivity index (χ1v) is 9.17. The van der Waals surface area contributed by atoms with E-state index in [-0.39, 0.29) is 30.0 Å². The van der Waals surface area contributed by atoms with Crippen molar-refractivity contribution in [3.8, 4) is 11.5 Å². The number of amides is 3. The van der Waals surface area contributed by atoms with Gasteiger partial charge in [0.25, 0.3) is 17.5 Å². The van der Waals surface area contributed by atoms with Gasteiger partial charge in [-0.25, -0.2) is 0 Å². The minimum atomic E-state index is -0.737. The minimum Gasteiger partial charge on any atom is -0.494 e. The Morgan fingerprint density at radius 2 is 1.67 bits per heavy atom. The van der Waals surface area contributed by atoms with E-state index in [0.717, 1.165) is 22.8 Å². The summed E-state index contributed by atoms with van der Waals surface area (Å²) in [5.74, 6) is -0.612. The van der Waals surface area contributed by atoms with Crippen LogP contribution in [0, 0.1) is 10.1 Å².